The van der Waals surface area contributed by atoms with Gasteiger partial charge in [0, 0.05) is 29.6 Å². The van der Waals surface area contributed by atoms with Gasteiger partial charge < -0.3 is 4.90 Å². The molecule has 2 aromatic heterocycles. The summed E-state index contributed by atoms with van der Waals surface area (Å²) in [5.41, 5.74) is 0.817. The normalized spacial score (nSPS) is 17.6. The summed E-state index contributed by atoms with van der Waals surface area (Å²) in [6.45, 7) is 7.90. The summed E-state index contributed by atoms with van der Waals surface area (Å²) in [5.74, 6) is 1.01. The second-order valence-corrected chi connectivity index (χ2v) is 8.33. The summed E-state index contributed by atoms with van der Waals surface area (Å²) < 4.78 is 1.63. The van der Waals surface area contributed by atoms with Crippen LogP contribution in [0.15, 0.2) is 53.5 Å². The van der Waals surface area contributed by atoms with E-state index in [2.05, 4.69) is 60.0 Å². The molecule has 27 heavy (non-hydrogen) atoms. The third-order valence-corrected chi connectivity index (χ3v) is 5.32. The first-order chi connectivity index (χ1) is 12.9. The van der Waals surface area contributed by atoms with E-state index in [-0.39, 0.29) is 17.0 Å². The summed E-state index contributed by atoms with van der Waals surface area (Å²) in [6, 6.07) is 14.1. The predicted molar refractivity (Wildman–Crippen MR) is 109 cm³/mol. The second-order valence-electron chi connectivity index (χ2n) is 8.33. The van der Waals surface area contributed by atoms with E-state index >= 15 is 0 Å². The zero-order valence-electron chi connectivity index (χ0n) is 16.2. The fourth-order valence-corrected chi connectivity index (χ4v) is 3.82. The number of hydrogen-bond acceptors (Lipinski definition) is 4. The van der Waals surface area contributed by atoms with Crippen molar-refractivity contribution < 1.29 is 0 Å². The standard InChI is InChI=1S/C22H26N4O/c1-22(2,3)19-10-11-20(27)26(24-19)15-17-8-6-14-25(17)21-18-9-5-4-7-16(18)12-13-23-21/h4-5,7,9-13,17H,6,8,14-15H2,1-3H3. The molecular formula is C22H26N4O. The van der Waals surface area contributed by atoms with E-state index in [9.17, 15) is 4.79 Å². The van der Waals surface area contributed by atoms with Crippen molar-refractivity contribution in [2.75, 3.05) is 11.4 Å². The molecule has 140 valence electrons. The van der Waals surface area contributed by atoms with E-state index in [1.165, 1.54) is 5.39 Å². The van der Waals surface area contributed by atoms with Crippen molar-refractivity contribution in [1.29, 1.82) is 0 Å². The van der Waals surface area contributed by atoms with Gasteiger partial charge in [-0.1, -0.05) is 45.0 Å². The molecular weight excluding hydrogens is 336 g/mol. The van der Waals surface area contributed by atoms with E-state index in [4.69, 9.17) is 0 Å². The number of anilines is 1. The zero-order chi connectivity index (χ0) is 19.0. The molecule has 0 radical (unpaired) electrons. The predicted octanol–water partition coefficient (Wildman–Crippen LogP) is 3.76. The molecule has 1 unspecified atom stereocenters. The highest BCUT2D eigenvalue weighted by Crippen LogP contribution is 2.30. The number of aromatic nitrogens is 3. The molecule has 5 nitrogen and oxygen atoms in total. The Hall–Kier alpha value is -2.69. The van der Waals surface area contributed by atoms with Crippen LogP contribution in [0.4, 0.5) is 5.82 Å². The van der Waals surface area contributed by atoms with E-state index in [1.54, 1.807) is 10.7 Å². The third-order valence-electron chi connectivity index (χ3n) is 5.32. The highest BCUT2D eigenvalue weighted by molar-refractivity contribution is 5.92. The van der Waals surface area contributed by atoms with Crippen LogP contribution in [0, 0.1) is 0 Å². The fraction of sp³-hybridized carbons (Fsp3) is 0.409. The van der Waals surface area contributed by atoms with Crippen molar-refractivity contribution in [2.24, 2.45) is 0 Å². The highest BCUT2D eigenvalue weighted by atomic mass is 16.1. The molecule has 0 aliphatic carbocycles. The molecule has 1 aliphatic rings. The summed E-state index contributed by atoms with van der Waals surface area (Å²) in [4.78, 5) is 19.4. The molecule has 5 heteroatoms. The monoisotopic (exact) mass is 362 g/mol. The summed E-state index contributed by atoms with van der Waals surface area (Å²) in [5, 5.41) is 7.01. The van der Waals surface area contributed by atoms with Crippen molar-refractivity contribution in [3.8, 4) is 0 Å². The van der Waals surface area contributed by atoms with Gasteiger partial charge in [0.15, 0.2) is 0 Å². The van der Waals surface area contributed by atoms with Crippen molar-refractivity contribution in [3.63, 3.8) is 0 Å². The van der Waals surface area contributed by atoms with Crippen LogP contribution in [0.1, 0.15) is 39.3 Å². The molecule has 0 spiro atoms. The Morgan fingerprint density at radius 2 is 1.93 bits per heavy atom. The van der Waals surface area contributed by atoms with Gasteiger partial charge >= 0.3 is 0 Å². The van der Waals surface area contributed by atoms with Crippen molar-refractivity contribution in [3.05, 3.63) is 64.7 Å². The summed E-state index contributed by atoms with van der Waals surface area (Å²) in [7, 11) is 0. The Balaban J connectivity index is 1.68. The number of benzene rings is 1. The van der Waals surface area contributed by atoms with Crippen molar-refractivity contribution in [2.45, 2.75) is 51.6 Å². The van der Waals surface area contributed by atoms with Crippen LogP contribution in [0.3, 0.4) is 0 Å². The molecule has 1 aliphatic heterocycles. The van der Waals surface area contributed by atoms with Gasteiger partial charge in [-0.25, -0.2) is 9.67 Å². The van der Waals surface area contributed by atoms with Crippen LogP contribution >= 0.6 is 0 Å². The summed E-state index contributed by atoms with van der Waals surface area (Å²) in [6.07, 6.45) is 4.01. The zero-order valence-corrected chi connectivity index (χ0v) is 16.2. The van der Waals surface area contributed by atoms with Gasteiger partial charge in [-0.3, -0.25) is 4.79 Å². The minimum Gasteiger partial charge on any atom is -0.351 e. The topological polar surface area (TPSA) is 51.0 Å². The van der Waals surface area contributed by atoms with E-state index in [1.807, 2.05) is 18.3 Å². The van der Waals surface area contributed by atoms with Crippen LogP contribution in [-0.4, -0.2) is 27.4 Å². The highest BCUT2D eigenvalue weighted by Gasteiger charge is 2.28. The maximum Gasteiger partial charge on any atom is 0.266 e. The molecule has 3 heterocycles. The first-order valence-corrected chi connectivity index (χ1v) is 9.62. The van der Waals surface area contributed by atoms with Gasteiger partial charge in [-0.05, 0) is 30.4 Å². The second kappa shape index (κ2) is 6.80. The van der Waals surface area contributed by atoms with Crippen molar-refractivity contribution >= 4 is 16.6 Å². The van der Waals surface area contributed by atoms with Crippen LogP contribution < -0.4 is 10.5 Å². The molecule has 1 fully saturated rings. The molecule has 1 aromatic carbocycles. The van der Waals surface area contributed by atoms with Crippen LogP contribution in [-0.2, 0) is 12.0 Å². The van der Waals surface area contributed by atoms with Crippen LogP contribution in [0.25, 0.3) is 10.8 Å². The quantitative estimate of drug-likeness (QED) is 0.712. The molecule has 0 bridgehead atoms. The van der Waals surface area contributed by atoms with Gasteiger partial charge in [0.1, 0.15) is 5.82 Å². The molecule has 4 rings (SSSR count). The molecule has 3 aromatic rings. The maximum atomic E-state index is 12.4. The average Bonchev–Trinajstić information content (AvgIpc) is 3.10. The third kappa shape index (κ3) is 3.46. The van der Waals surface area contributed by atoms with Crippen LogP contribution in [0.5, 0.6) is 0 Å². The van der Waals surface area contributed by atoms with Gasteiger partial charge in [0.25, 0.3) is 5.56 Å². The molecule has 0 amide bonds. The van der Waals surface area contributed by atoms with Gasteiger partial charge in [0.05, 0.1) is 18.3 Å². The van der Waals surface area contributed by atoms with Crippen molar-refractivity contribution in [1.82, 2.24) is 14.8 Å². The number of fused-ring (bicyclic) bond motifs is 1. The lowest BCUT2D eigenvalue weighted by Gasteiger charge is -2.27. The number of rotatable bonds is 3. The molecule has 1 saturated heterocycles. The van der Waals surface area contributed by atoms with E-state index in [0.29, 0.717) is 6.54 Å². The maximum absolute atomic E-state index is 12.4. The molecule has 1 atom stereocenters. The number of pyridine rings is 1. The lowest BCUT2D eigenvalue weighted by Crippen LogP contribution is -2.38. The lowest BCUT2D eigenvalue weighted by atomic mass is 9.92. The number of hydrogen-bond donors (Lipinski definition) is 0. The Morgan fingerprint density at radius 1 is 1.11 bits per heavy atom. The Bertz CT molecular complexity index is 1010. The van der Waals surface area contributed by atoms with E-state index < -0.39 is 0 Å². The fourth-order valence-electron chi connectivity index (χ4n) is 3.82. The minimum absolute atomic E-state index is 0.0410. The first kappa shape index (κ1) is 17.7. The Labute approximate surface area is 159 Å². The Morgan fingerprint density at radius 3 is 2.74 bits per heavy atom. The smallest absolute Gasteiger partial charge is 0.266 e. The summed E-state index contributed by atoms with van der Waals surface area (Å²) >= 11 is 0. The first-order valence-electron chi connectivity index (χ1n) is 9.62. The average molecular weight is 362 g/mol. The SMILES string of the molecule is CC(C)(C)c1ccc(=O)n(CC2CCCN2c2nccc3ccccc23)n1. The lowest BCUT2D eigenvalue weighted by molar-refractivity contribution is 0.457. The Kier molecular flexibility index (Phi) is 4.46. The molecule has 0 N–H and O–H groups in total. The van der Waals surface area contributed by atoms with Crippen LogP contribution in [0.2, 0.25) is 0 Å². The van der Waals surface area contributed by atoms with Gasteiger partial charge in [-0.15, -0.1) is 0 Å². The van der Waals surface area contributed by atoms with Gasteiger partial charge in [-0.2, -0.15) is 5.10 Å². The largest absolute Gasteiger partial charge is 0.351 e. The number of nitrogens with zero attached hydrogens (tertiary/aromatic N) is 4. The van der Waals surface area contributed by atoms with E-state index in [0.717, 1.165) is 36.3 Å². The minimum atomic E-state index is -0.0813. The van der Waals surface area contributed by atoms with Gasteiger partial charge in [0.2, 0.25) is 0 Å². The molecule has 0 saturated carbocycles.